The van der Waals surface area contributed by atoms with Crippen molar-refractivity contribution in [2.75, 3.05) is 11.6 Å². The standard InChI is InChI=1S/C15H15N5O2S2/c1-7-4-8(2)12(11(21)5-7)9-6-10(18-17-9)13(22)16-14-19-20-15(23-3)24-14/h4-6,21H,1-3H3,(H,17,18)(H,16,19,22). The fraction of sp³-hybridized carbons (Fsp3) is 0.200. The molecule has 1 aromatic carbocycles. The number of H-pyrrole nitrogens is 1. The third-order valence-corrected chi connectivity index (χ3v) is 5.15. The summed E-state index contributed by atoms with van der Waals surface area (Å²) in [6, 6.07) is 5.22. The minimum absolute atomic E-state index is 0.139. The van der Waals surface area contributed by atoms with E-state index in [1.54, 1.807) is 12.1 Å². The molecule has 0 saturated carbocycles. The van der Waals surface area contributed by atoms with Crippen molar-refractivity contribution in [2.24, 2.45) is 0 Å². The Labute approximate surface area is 146 Å². The first kappa shape index (κ1) is 16.5. The molecule has 0 bridgehead atoms. The van der Waals surface area contributed by atoms with Gasteiger partial charge in [0.05, 0.1) is 5.69 Å². The molecule has 7 nitrogen and oxygen atoms in total. The van der Waals surface area contributed by atoms with Crippen molar-refractivity contribution in [1.29, 1.82) is 0 Å². The van der Waals surface area contributed by atoms with Gasteiger partial charge in [-0.3, -0.25) is 15.2 Å². The number of phenolic OH excluding ortho intramolecular Hbond substituents is 1. The number of nitrogens with zero attached hydrogens (tertiary/aromatic N) is 3. The molecule has 0 aliphatic rings. The molecule has 2 aromatic heterocycles. The number of carbonyl (C=O) groups is 1. The number of aromatic hydroxyl groups is 1. The topological polar surface area (TPSA) is 104 Å². The van der Waals surface area contributed by atoms with Gasteiger partial charge < -0.3 is 5.11 Å². The van der Waals surface area contributed by atoms with E-state index in [1.165, 1.54) is 23.1 Å². The normalized spacial score (nSPS) is 10.8. The maximum atomic E-state index is 12.3. The number of thioether (sulfide) groups is 1. The summed E-state index contributed by atoms with van der Waals surface area (Å²) in [6.07, 6.45) is 1.89. The fourth-order valence-corrected chi connectivity index (χ4v) is 3.52. The number of aromatic amines is 1. The van der Waals surface area contributed by atoms with Gasteiger partial charge in [-0.15, -0.1) is 10.2 Å². The molecule has 3 aromatic rings. The van der Waals surface area contributed by atoms with Gasteiger partial charge in [-0.05, 0) is 43.4 Å². The van der Waals surface area contributed by atoms with Crippen LogP contribution < -0.4 is 5.32 Å². The Hall–Kier alpha value is -2.39. The molecule has 9 heteroatoms. The number of hydrogen-bond acceptors (Lipinski definition) is 7. The molecule has 0 radical (unpaired) electrons. The highest BCUT2D eigenvalue weighted by Crippen LogP contribution is 2.32. The first-order valence-electron chi connectivity index (χ1n) is 7.02. The minimum atomic E-state index is -0.359. The van der Waals surface area contributed by atoms with Crippen LogP contribution in [-0.2, 0) is 0 Å². The van der Waals surface area contributed by atoms with Crippen molar-refractivity contribution < 1.29 is 9.90 Å². The molecular formula is C15H15N5O2S2. The molecular weight excluding hydrogens is 346 g/mol. The number of anilines is 1. The smallest absolute Gasteiger partial charge is 0.275 e. The monoisotopic (exact) mass is 361 g/mol. The summed E-state index contributed by atoms with van der Waals surface area (Å²) in [5.41, 5.74) is 3.25. The second kappa shape index (κ2) is 6.62. The van der Waals surface area contributed by atoms with Crippen LogP contribution in [0.3, 0.4) is 0 Å². The van der Waals surface area contributed by atoms with Crippen LogP contribution in [0.4, 0.5) is 5.13 Å². The van der Waals surface area contributed by atoms with Crippen LogP contribution in [0.1, 0.15) is 21.6 Å². The Bertz CT molecular complexity index is 880. The number of hydrogen-bond donors (Lipinski definition) is 3. The predicted octanol–water partition coefficient (Wildman–Crippen LogP) is 3.22. The summed E-state index contributed by atoms with van der Waals surface area (Å²) in [5, 5.41) is 27.9. The number of aromatic nitrogens is 4. The number of aryl methyl sites for hydroxylation is 2. The van der Waals surface area contributed by atoms with E-state index in [0.29, 0.717) is 16.4 Å². The van der Waals surface area contributed by atoms with Crippen LogP contribution in [0.25, 0.3) is 11.3 Å². The van der Waals surface area contributed by atoms with Gasteiger partial charge in [0.25, 0.3) is 5.91 Å². The lowest BCUT2D eigenvalue weighted by Crippen LogP contribution is -2.12. The van der Waals surface area contributed by atoms with Crippen LogP contribution in [0.2, 0.25) is 0 Å². The van der Waals surface area contributed by atoms with E-state index < -0.39 is 0 Å². The van der Waals surface area contributed by atoms with Gasteiger partial charge in [0.2, 0.25) is 5.13 Å². The third kappa shape index (κ3) is 3.26. The highest BCUT2D eigenvalue weighted by molar-refractivity contribution is 8.00. The zero-order chi connectivity index (χ0) is 17.3. The van der Waals surface area contributed by atoms with Crippen molar-refractivity contribution in [2.45, 2.75) is 18.2 Å². The van der Waals surface area contributed by atoms with E-state index in [2.05, 4.69) is 25.7 Å². The second-order valence-corrected chi connectivity index (χ2v) is 7.21. The lowest BCUT2D eigenvalue weighted by Gasteiger charge is -2.06. The van der Waals surface area contributed by atoms with Gasteiger partial charge >= 0.3 is 0 Å². The predicted molar refractivity (Wildman–Crippen MR) is 94.8 cm³/mol. The van der Waals surface area contributed by atoms with Crippen molar-refractivity contribution in [3.8, 4) is 17.0 Å². The Morgan fingerprint density at radius 1 is 1.29 bits per heavy atom. The minimum Gasteiger partial charge on any atom is -0.507 e. The first-order chi connectivity index (χ1) is 11.5. The Kier molecular flexibility index (Phi) is 4.54. The second-order valence-electron chi connectivity index (χ2n) is 5.17. The number of nitrogens with one attached hydrogen (secondary N) is 2. The molecule has 124 valence electrons. The molecule has 0 saturated heterocycles. The average Bonchev–Trinajstić information content (AvgIpc) is 3.15. The molecule has 3 N–H and O–H groups in total. The van der Waals surface area contributed by atoms with Crippen LogP contribution >= 0.6 is 23.1 Å². The lowest BCUT2D eigenvalue weighted by atomic mass is 10.0. The fourth-order valence-electron chi connectivity index (χ4n) is 2.35. The summed E-state index contributed by atoms with van der Waals surface area (Å²) < 4.78 is 0.774. The first-order valence-corrected chi connectivity index (χ1v) is 9.07. The molecule has 1 amide bonds. The SMILES string of the molecule is CSc1nnc(NC(=O)c2cc(-c3c(C)cc(C)cc3O)n[nH]2)s1. The van der Waals surface area contributed by atoms with Crippen molar-refractivity contribution >= 4 is 34.1 Å². The Balaban J connectivity index is 1.84. The Morgan fingerprint density at radius 3 is 2.75 bits per heavy atom. The molecule has 0 unspecified atom stereocenters. The van der Waals surface area contributed by atoms with E-state index in [9.17, 15) is 9.90 Å². The van der Waals surface area contributed by atoms with Gasteiger partial charge in [0.15, 0.2) is 4.34 Å². The van der Waals surface area contributed by atoms with Crippen LogP contribution in [-0.4, -0.2) is 37.7 Å². The highest BCUT2D eigenvalue weighted by atomic mass is 32.2. The number of rotatable bonds is 4. The molecule has 2 heterocycles. The van der Waals surface area contributed by atoms with Crippen molar-refractivity contribution in [3.63, 3.8) is 0 Å². The van der Waals surface area contributed by atoms with Gasteiger partial charge in [-0.25, -0.2) is 0 Å². The lowest BCUT2D eigenvalue weighted by molar-refractivity contribution is 0.102. The van der Waals surface area contributed by atoms with Crippen LogP contribution in [0, 0.1) is 13.8 Å². The number of amides is 1. The summed E-state index contributed by atoms with van der Waals surface area (Å²) in [7, 11) is 0. The van der Waals surface area contributed by atoms with Crippen LogP contribution in [0.5, 0.6) is 5.75 Å². The van der Waals surface area contributed by atoms with E-state index in [4.69, 9.17) is 0 Å². The maximum Gasteiger partial charge on any atom is 0.275 e. The molecule has 0 aliphatic heterocycles. The van der Waals surface area contributed by atoms with E-state index in [1.807, 2.05) is 26.2 Å². The number of phenols is 1. The van der Waals surface area contributed by atoms with Crippen LogP contribution in [0.15, 0.2) is 22.5 Å². The zero-order valence-electron chi connectivity index (χ0n) is 13.2. The molecule has 3 rings (SSSR count). The molecule has 0 fully saturated rings. The van der Waals surface area contributed by atoms with Gasteiger partial charge in [-0.1, -0.05) is 29.2 Å². The third-order valence-electron chi connectivity index (χ3n) is 3.34. The molecule has 0 aliphatic carbocycles. The summed E-state index contributed by atoms with van der Waals surface area (Å²) in [5.74, 6) is -0.221. The van der Waals surface area contributed by atoms with Gasteiger partial charge in [-0.2, -0.15) is 5.10 Å². The number of benzene rings is 1. The van der Waals surface area contributed by atoms with E-state index >= 15 is 0 Å². The summed E-state index contributed by atoms with van der Waals surface area (Å²) in [6.45, 7) is 3.80. The molecule has 0 atom stereocenters. The highest BCUT2D eigenvalue weighted by Gasteiger charge is 2.17. The van der Waals surface area contributed by atoms with Crippen molar-refractivity contribution in [3.05, 3.63) is 35.0 Å². The van der Waals surface area contributed by atoms with Gasteiger partial charge in [0.1, 0.15) is 11.4 Å². The quantitative estimate of drug-likeness (QED) is 0.487. The largest absolute Gasteiger partial charge is 0.507 e. The van der Waals surface area contributed by atoms with E-state index in [-0.39, 0.29) is 17.4 Å². The average molecular weight is 361 g/mol. The van der Waals surface area contributed by atoms with Gasteiger partial charge in [0, 0.05) is 5.56 Å². The number of carbonyl (C=O) groups excluding carboxylic acids is 1. The maximum absolute atomic E-state index is 12.3. The van der Waals surface area contributed by atoms with Crippen molar-refractivity contribution in [1.82, 2.24) is 20.4 Å². The summed E-state index contributed by atoms with van der Waals surface area (Å²) in [4.78, 5) is 12.3. The zero-order valence-corrected chi connectivity index (χ0v) is 14.9. The molecule has 24 heavy (non-hydrogen) atoms. The summed E-state index contributed by atoms with van der Waals surface area (Å²) >= 11 is 2.76. The molecule has 0 spiro atoms. The van der Waals surface area contributed by atoms with E-state index in [0.717, 1.165) is 15.5 Å². The Morgan fingerprint density at radius 2 is 2.08 bits per heavy atom.